The molecule has 1 unspecified atom stereocenters. The van der Waals surface area contributed by atoms with E-state index in [1.54, 1.807) is 36.0 Å². The van der Waals surface area contributed by atoms with Crippen molar-refractivity contribution in [3.05, 3.63) is 70.7 Å². The summed E-state index contributed by atoms with van der Waals surface area (Å²) in [5.41, 5.74) is 1.63. The SMILES string of the molecule is CC(SCc1ccccc1)C(=O)NCCNC(=O)c1ccccc1Cl. The highest BCUT2D eigenvalue weighted by molar-refractivity contribution is 7.99. The van der Waals surface area contributed by atoms with Crippen molar-refractivity contribution in [2.45, 2.75) is 17.9 Å². The van der Waals surface area contributed by atoms with Crippen molar-refractivity contribution in [1.82, 2.24) is 10.6 Å². The highest BCUT2D eigenvalue weighted by Gasteiger charge is 2.13. The van der Waals surface area contributed by atoms with Gasteiger partial charge >= 0.3 is 0 Å². The smallest absolute Gasteiger partial charge is 0.252 e. The van der Waals surface area contributed by atoms with Crippen molar-refractivity contribution in [2.75, 3.05) is 13.1 Å². The molecule has 0 spiro atoms. The minimum absolute atomic E-state index is 0.0343. The molecule has 0 bridgehead atoms. The van der Waals surface area contributed by atoms with Crippen molar-refractivity contribution < 1.29 is 9.59 Å². The van der Waals surface area contributed by atoms with Crippen LogP contribution in [0.2, 0.25) is 5.02 Å². The van der Waals surface area contributed by atoms with Crippen molar-refractivity contribution in [3.8, 4) is 0 Å². The van der Waals surface area contributed by atoms with Gasteiger partial charge in [0, 0.05) is 18.8 Å². The minimum atomic E-state index is -0.244. The summed E-state index contributed by atoms with van der Waals surface area (Å²) in [5.74, 6) is 0.512. The van der Waals surface area contributed by atoms with E-state index in [1.165, 1.54) is 5.56 Å². The normalized spacial score (nSPS) is 11.6. The van der Waals surface area contributed by atoms with Crippen LogP contribution in [0.5, 0.6) is 0 Å². The largest absolute Gasteiger partial charge is 0.353 e. The lowest BCUT2D eigenvalue weighted by molar-refractivity contribution is -0.120. The van der Waals surface area contributed by atoms with Crippen LogP contribution in [-0.4, -0.2) is 30.2 Å². The minimum Gasteiger partial charge on any atom is -0.353 e. The Bertz CT molecular complexity index is 710. The fraction of sp³-hybridized carbons (Fsp3) is 0.263. The van der Waals surface area contributed by atoms with Gasteiger partial charge in [-0.1, -0.05) is 54.1 Å². The van der Waals surface area contributed by atoms with Crippen LogP contribution in [0.15, 0.2) is 54.6 Å². The van der Waals surface area contributed by atoms with Gasteiger partial charge in [-0.15, -0.1) is 11.8 Å². The van der Waals surface area contributed by atoms with Gasteiger partial charge in [0.2, 0.25) is 5.91 Å². The molecule has 0 radical (unpaired) electrons. The van der Waals surface area contributed by atoms with Crippen molar-refractivity contribution >= 4 is 35.2 Å². The molecule has 0 aliphatic rings. The second-order valence-corrected chi connectivity index (χ2v) is 7.20. The first kappa shape index (κ1) is 19.3. The molecule has 1 atom stereocenters. The van der Waals surface area contributed by atoms with Gasteiger partial charge in [0.25, 0.3) is 5.91 Å². The van der Waals surface area contributed by atoms with E-state index in [0.29, 0.717) is 23.7 Å². The van der Waals surface area contributed by atoms with Crippen LogP contribution >= 0.6 is 23.4 Å². The summed E-state index contributed by atoms with van der Waals surface area (Å²) in [5, 5.41) is 5.84. The fourth-order valence-corrected chi connectivity index (χ4v) is 3.21. The van der Waals surface area contributed by atoms with E-state index in [9.17, 15) is 9.59 Å². The zero-order chi connectivity index (χ0) is 18.1. The quantitative estimate of drug-likeness (QED) is 0.693. The van der Waals surface area contributed by atoms with Gasteiger partial charge in [-0.25, -0.2) is 0 Å². The summed E-state index contributed by atoms with van der Waals surface area (Å²) in [4.78, 5) is 24.1. The summed E-state index contributed by atoms with van der Waals surface area (Å²) in [6.45, 7) is 2.61. The zero-order valence-electron chi connectivity index (χ0n) is 14.0. The van der Waals surface area contributed by atoms with Gasteiger partial charge in [0.1, 0.15) is 0 Å². The summed E-state index contributed by atoms with van der Waals surface area (Å²) in [6, 6.07) is 16.9. The van der Waals surface area contributed by atoms with E-state index in [1.807, 2.05) is 37.3 Å². The van der Waals surface area contributed by atoms with Gasteiger partial charge < -0.3 is 10.6 Å². The average Bonchev–Trinajstić information content (AvgIpc) is 2.64. The second-order valence-electron chi connectivity index (χ2n) is 5.47. The number of halogens is 1. The number of carbonyl (C=O) groups is 2. The Hall–Kier alpha value is -1.98. The number of amides is 2. The first-order valence-electron chi connectivity index (χ1n) is 8.04. The maximum atomic E-state index is 12.1. The van der Waals surface area contributed by atoms with Crippen LogP contribution in [0, 0.1) is 0 Å². The van der Waals surface area contributed by atoms with Crippen LogP contribution in [-0.2, 0) is 10.5 Å². The number of rotatable bonds is 8. The average molecular weight is 377 g/mol. The Balaban J connectivity index is 1.66. The molecule has 0 saturated heterocycles. The van der Waals surface area contributed by atoms with Gasteiger partial charge in [-0.05, 0) is 24.6 Å². The number of carbonyl (C=O) groups excluding carboxylic acids is 2. The summed E-state index contributed by atoms with van der Waals surface area (Å²) in [7, 11) is 0. The molecule has 2 aromatic rings. The van der Waals surface area contributed by atoms with E-state index in [0.717, 1.165) is 5.75 Å². The summed E-state index contributed by atoms with van der Waals surface area (Å²) < 4.78 is 0. The first-order chi connectivity index (χ1) is 12.1. The monoisotopic (exact) mass is 376 g/mol. The van der Waals surface area contributed by atoms with E-state index < -0.39 is 0 Å². The molecular weight excluding hydrogens is 356 g/mol. The summed E-state index contributed by atoms with van der Waals surface area (Å²) >= 11 is 7.56. The molecule has 25 heavy (non-hydrogen) atoms. The lowest BCUT2D eigenvalue weighted by atomic mass is 10.2. The van der Waals surface area contributed by atoms with Crippen molar-refractivity contribution in [3.63, 3.8) is 0 Å². The Kier molecular flexibility index (Phi) is 7.82. The lowest BCUT2D eigenvalue weighted by Crippen LogP contribution is -2.38. The predicted molar refractivity (Wildman–Crippen MR) is 104 cm³/mol. The first-order valence-corrected chi connectivity index (χ1v) is 9.46. The van der Waals surface area contributed by atoms with Crippen LogP contribution in [0.1, 0.15) is 22.8 Å². The Labute approximate surface area is 157 Å². The fourth-order valence-electron chi connectivity index (χ4n) is 2.12. The summed E-state index contributed by atoms with van der Waals surface area (Å²) in [6.07, 6.45) is 0. The lowest BCUT2D eigenvalue weighted by Gasteiger charge is -2.12. The van der Waals surface area contributed by atoms with Crippen LogP contribution < -0.4 is 10.6 Å². The molecule has 0 aliphatic heterocycles. The number of hydrogen-bond acceptors (Lipinski definition) is 3. The molecule has 2 aromatic carbocycles. The highest BCUT2D eigenvalue weighted by Crippen LogP contribution is 2.17. The predicted octanol–water partition coefficient (Wildman–Crippen LogP) is 3.51. The molecule has 2 rings (SSSR count). The Morgan fingerprint density at radius 1 is 1.00 bits per heavy atom. The van der Waals surface area contributed by atoms with E-state index >= 15 is 0 Å². The van der Waals surface area contributed by atoms with Crippen LogP contribution in [0.4, 0.5) is 0 Å². The van der Waals surface area contributed by atoms with Crippen LogP contribution in [0.3, 0.4) is 0 Å². The molecular formula is C19H21ClN2O2S. The zero-order valence-corrected chi connectivity index (χ0v) is 15.6. The topological polar surface area (TPSA) is 58.2 Å². The number of benzene rings is 2. The van der Waals surface area contributed by atoms with Crippen molar-refractivity contribution in [1.29, 1.82) is 0 Å². The molecule has 2 N–H and O–H groups in total. The van der Waals surface area contributed by atoms with Gasteiger partial charge in [-0.2, -0.15) is 0 Å². The molecule has 0 saturated carbocycles. The van der Waals surface area contributed by atoms with Gasteiger partial charge in [0.05, 0.1) is 15.8 Å². The third-order valence-corrected chi connectivity index (χ3v) is 5.08. The maximum absolute atomic E-state index is 12.1. The molecule has 4 nitrogen and oxygen atoms in total. The standard InChI is InChI=1S/C19H21ClN2O2S/c1-14(25-13-15-7-3-2-4-8-15)18(23)21-11-12-22-19(24)16-9-5-6-10-17(16)20/h2-10,14H,11-13H2,1H3,(H,21,23)(H,22,24). The molecule has 2 amide bonds. The third kappa shape index (κ3) is 6.44. The van der Waals surface area contributed by atoms with Gasteiger partial charge in [0.15, 0.2) is 0 Å². The molecule has 0 heterocycles. The Morgan fingerprint density at radius 2 is 1.64 bits per heavy atom. The van der Waals surface area contributed by atoms with E-state index in [4.69, 9.17) is 11.6 Å². The third-order valence-electron chi connectivity index (χ3n) is 3.54. The number of thioether (sulfide) groups is 1. The molecule has 6 heteroatoms. The van der Waals surface area contributed by atoms with Crippen molar-refractivity contribution in [2.24, 2.45) is 0 Å². The number of hydrogen-bond donors (Lipinski definition) is 2. The second kappa shape index (κ2) is 10.1. The van der Waals surface area contributed by atoms with Gasteiger partial charge in [-0.3, -0.25) is 9.59 Å². The number of nitrogens with one attached hydrogen (secondary N) is 2. The van der Waals surface area contributed by atoms with Crippen LogP contribution in [0.25, 0.3) is 0 Å². The van der Waals surface area contributed by atoms with E-state index in [-0.39, 0.29) is 17.1 Å². The Morgan fingerprint density at radius 3 is 2.36 bits per heavy atom. The molecule has 0 fully saturated rings. The van der Waals surface area contributed by atoms with E-state index in [2.05, 4.69) is 10.6 Å². The molecule has 0 aliphatic carbocycles. The molecule has 0 aromatic heterocycles. The highest BCUT2D eigenvalue weighted by atomic mass is 35.5. The maximum Gasteiger partial charge on any atom is 0.252 e. The molecule has 132 valence electrons.